The Morgan fingerprint density at radius 2 is 2.10 bits per heavy atom. The molecule has 0 spiro atoms. The molecule has 2 aliphatic carbocycles. The Balaban J connectivity index is 1.82. The van der Waals surface area contributed by atoms with Crippen LogP contribution in [0.15, 0.2) is 0 Å². The highest BCUT2D eigenvalue weighted by molar-refractivity contribution is 6.27. The maximum Gasteiger partial charge on any atom is 0.238 e. The monoisotopic (exact) mass is 295 g/mol. The average molecular weight is 296 g/mol. The molecule has 0 aliphatic heterocycles. The third-order valence-electron chi connectivity index (χ3n) is 4.72. The Kier molecular flexibility index (Phi) is 4.01. The molecule has 0 bridgehead atoms. The number of hydrogen-bond donors (Lipinski definition) is 0. The van der Waals surface area contributed by atoms with Crippen LogP contribution < -0.4 is 0 Å². The Hall–Kier alpha value is -1.03. The van der Waals surface area contributed by atoms with Crippen LogP contribution in [0.5, 0.6) is 0 Å². The van der Waals surface area contributed by atoms with Crippen LogP contribution in [0.3, 0.4) is 0 Å². The molecule has 1 fully saturated rings. The molecule has 0 saturated heterocycles. The minimum absolute atomic E-state index is 0.0518. The highest BCUT2D eigenvalue weighted by atomic mass is 35.5. The lowest BCUT2D eigenvalue weighted by molar-refractivity contribution is -0.131. The van der Waals surface area contributed by atoms with E-state index in [4.69, 9.17) is 11.6 Å². The molecule has 4 nitrogen and oxygen atoms in total. The van der Waals surface area contributed by atoms with Crippen molar-refractivity contribution in [3.63, 3.8) is 0 Å². The molecule has 20 heavy (non-hydrogen) atoms. The average Bonchev–Trinajstić information content (AvgIpc) is 3.15. The van der Waals surface area contributed by atoms with Gasteiger partial charge < -0.3 is 4.90 Å². The number of alkyl halides is 1. The van der Waals surface area contributed by atoms with E-state index in [1.54, 1.807) is 0 Å². The van der Waals surface area contributed by atoms with Crippen molar-refractivity contribution in [3.05, 3.63) is 17.0 Å². The number of aromatic nitrogens is 2. The zero-order chi connectivity index (χ0) is 14.1. The fraction of sp³-hybridized carbons (Fsp3) is 0.733. The molecule has 110 valence electrons. The number of carbonyl (C=O) groups is 1. The number of amides is 1. The van der Waals surface area contributed by atoms with Crippen LogP contribution in [0.1, 0.15) is 49.1 Å². The summed E-state index contributed by atoms with van der Waals surface area (Å²) < 4.78 is 2.00. The lowest BCUT2D eigenvalue weighted by Gasteiger charge is -2.28. The van der Waals surface area contributed by atoms with Crippen LogP contribution in [0, 0.1) is 0 Å². The Morgan fingerprint density at radius 1 is 1.35 bits per heavy atom. The molecule has 1 saturated carbocycles. The van der Waals surface area contributed by atoms with Gasteiger partial charge in [0.25, 0.3) is 0 Å². The summed E-state index contributed by atoms with van der Waals surface area (Å²) in [6, 6.07) is 0.361. The molecule has 2 aliphatic rings. The number of carbonyl (C=O) groups excluding carboxylic acids is 1. The minimum Gasteiger partial charge on any atom is -0.333 e. The first kappa shape index (κ1) is 13.9. The Bertz CT molecular complexity index is 505. The van der Waals surface area contributed by atoms with Gasteiger partial charge in [-0.3, -0.25) is 9.48 Å². The van der Waals surface area contributed by atoms with E-state index in [1.165, 1.54) is 30.5 Å². The van der Waals surface area contributed by atoms with E-state index < -0.39 is 0 Å². The molecular weight excluding hydrogens is 274 g/mol. The van der Waals surface area contributed by atoms with Crippen LogP contribution in [-0.2, 0) is 31.2 Å². The third kappa shape index (κ3) is 2.46. The van der Waals surface area contributed by atoms with Gasteiger partial charge in [0, 0.05) is 18.8 Å². The molecule has 0 aromatic carbocycles. The molecule has 1 heterocycles. The lowest BCUT2D eigenvalue weighted by Crippen LogP contribution is -2.39. The Morgan fingerprint density at radius 3 is 2.80 bits per heavy atom. The van der Waals surface area contributed by atoms with Crippen LogP contribution in [0.4, 0.5) is 0 Å². The lowest BCUT2D eigenvalue weighted by atomic mass is 10.1. The molecule has 0 unspecified atom stereocenters. The van der Waals surface area contributed by atoms with E-state index in [0.717, 1.165) is 31.4 Å². The van der Waals surface area contributed by atoms with Crippen LogP contribution in [-0.4, -0.2) is 32.5 Å². The predicted molar refractivity (Wildman–Crippen MR) is 78.8 cm³/mol. The molecule has 1 aromatic rings. The van der Waals surface area contributed by atoms with Gasteiger partial charge >= 0.3 is 0 Å². The molecule has 3 rings (SSSR count). The number of nitrogens with zero attached hydrogens (tertiary/aromatic N) is 3. The number of fused-ring (bicyclic) bond motifs is 1. The van der Waals surface area contributed by atoms with Gasteiger partial charge in [0.15, 0.2) is 0 Å². The number of aryl methyl sites for hydroxylation is 1. The first-order valence-electron chi connectivity index (χ1n) is 7.59. The smallest absolute Gasteiger partial charge is 0.238 e. The summed E-state index contributed by atoms with van der Waals surface area (Å²) in [4.78, 5) is 14.1. The molecular formula is C15H22ClN3O. The van der Waals surface area contributed by atoms with Crippen LogP contribution in [0.2, 0.25) is 0 Å². The van der Waals surface area contributed by atoms with Gasteiger partial charge in [0.2, 0.25) is 5.91 Å². The highest BCUT2D eigenvalue weighted by Gasteiger charge is 2.29. The molecule has 0 N–H and O–H groups in total. The molecule has 1 aromatic heterocycles. The normalized spacial score (nSPS) is 18.5. The van der Waals surface area contributed by atoms with Gasteiger partial charge in [-0.05, 0) is 37.7 Å². The van der Waals surface area contributed by atoms with E-state index >= 15 is 0 Å². The second-order valence-electron chi connectivity index (χ2n) is 5.94. The van der Waals surface area contributed by atoms with E-state index in [0.29, 0.717) is 12.6 Å². The number of hydrogen-bond acceptors (Lipinski definition) is 2. The first-order valence-corrected chi connectivity index (χ1v) is 8.13. The second-order valence-corrected chi connectivity index (χ2v) is 6.21. The summed E-state index contributed by atoms with van der Waals surface area (Å²) in [6.07, 6.45) is 8.09. The molecule has 5 heteroatoms. The van der Waals surface area contributed by atoms with Crippen molar-refractivity contribution in [2.24, 2.45) is 7.05 Å². The molecule has 0 radical (unpaired) electrons. The Labute approximate surface area is 125 Å². The summed E-state index contributed by atoms with van der Waals surface area (Å²) in [5, 5.41) is 4.64. The minimum atomic E-state index is 0.0518. The topological polar surface area (TPSA) is 38.1 Å². The van der Waals surface area contributed by atoms with Crippen molar-refractivity contribution in [1.82, 2.24) is 14.7 Å². The summed E-state index contributed by atoms with van der Waals surface area (Å²) in [5.74, 6) is 0.127. The largest absolute Gasteiger partial charge is 0.333 e. The summed E-state index contributed by atoms with van der Waals surface area (Å²) in [7, 11) is 2.01. The predicted octanol–water partition coefficient (Wildman–Crippen LogP) is 2.42. The molecule has 0 atom stereocenters. The zero-order valence-corrected chi connectivity index (χ0v) is 12.8. The maximum absolute atomic E-state index is 12.2. The highest BCUT2D eigenvalue weighted by Crippen LogP contribution is 2.29. The van der Waals surface area contributed by atoms with Crippen LogP contribution in [0.25, 0.3) is 0 Å². The number of halogens is 1. The third-order valence-corrected chi connectivity index (χ3v) is 4.95. The van der Waals surface area contributed by atoms with Gasteiger partial charge in [-0.15, -0.1) is 11.6 Å². The SMILES string of the molecule is Cn1nc(CN(C(=O)CCl)C2CCCC2)c2c1CCC2. The van der Waals surface area contributed by atoms with E-state index in [-0.39, 0.29) is 11.8 Å². The van der Waals surface area contributed by atoms with E-state index in [9.17, 15) is 4.79 Å². The van der Waals surface area contributed by atoms with Crippen molar-refractivity contribution in [3.8, 4) is 0 Å². The van der Waals surface area contributed by atoms with Gasteiger partial charge in [-0.1, -0.05) is 12.8 Å². The quantitative estimate of drug-likeness (QED) is 0.800. The van der Waals surface area contributed by atoms with Crippen molar-refractivity contribution < 1.29 is 4.79 Å². The van der Waals surface area contributed by atoms with Gasteiger partial charge in [0.1, 0.15) is 5.88 Å². The van der Waals surface area contributed by atoms with Crippen molar-refractivity contribution in [2.45, 2.75) is 57.5 Å². The van der Waals surface area contributed by atoms with Gasteiger partial charge in [-0.25, -0.2) is 0 Å². The van der Waals surface area contributed by atoms with Crippen molar-refractivity contribution in [1.29, 1.82) is 0 Å². The zero-order valence-electron chi connectivity index (χ0n) is 12.1. The van der Waals surface area contributed by atoms with E-state index in [2.05, 4.69) is 5.10 Å². The summed E-state index contributed by atoms with van der Waals surface area (Å²) in [6.45, 7) is 0.638. The number of rotatable bonds is 4. The fourth-order valence-electron chi connectivity index (χ4n) is 3.70. The molecule has 1 amide bonds. The first-order chi connectivity index (χ1) is 9.70. The fourth-order valence-corrected chi connectivity index (χ4v) is 3.85. The van der Waals surface area contributed by atoms with Gasteiger partial charge in [0.05, 0.1) is 12.2 Å². The van der Waals surface area contributed by atoms with Crippen LogP contribution >= 0.6 is 11.6 Å². The standard InChI is InChI=1S/C15H22ClN3O/c1-18-14-8-4-7-12(14)13(17-18)10-19(15(20)9-16)11-5-2-3-6-11/h11H,2-10H2,1H3. The maximum atomic E-state index is 12.2. The van der Waals surface area contributed by atoms with Crippen molar-refractivity contribution >= 4 is 17.5 Å². The van der Waals surface area contributed by atoms with Gasteiger partial charge in [-0.2, -0.15) is 5.10 Å². The van der Waals surface area contributed by atoms with E-state index in [1.807, 2.05) is 16.6 Å². The van der Waals surface area contributed by atoms with Crippen molar-refractivity contribution in [2.75, 3.05) is 5.88 Å². The summed E-state index contributed by atoms with van der Waals surface area (Å²) in [5.41, 5.74) is 3.81. The second kappa shape index (κ2) is 5.76. The summed E-state index contributed by atoms with van der Waals surface area (Å²) >= 11 is 5.80.